The van der Waals surface area contributed by atoms with Crippen molar-refractivity contribution in [2.24, 2.45) is 4.99 Å². The minimum Gasteiger partial charge on any atom is -0.493 e. The largest absolute Gasteiger partial charge is 0.493 e. The van der Waals surface area contributed by atoms with Gasteiger partial charge < -0.3 is 20.1 Å². The predicted octanol–water partition coefficient (Wildman–Crippen LogP) is 3.29. The van der Waals surface area contributed by atoms with Crippen LogP contribution in [0.1, 0.15) is 23.6 Å². The van der Waals surface area contributed by atoms with Gasteiger partial charge in [-0.05, 0) is 48.7 Å². The molecule has 0 saturated carbocycles. The van der Waals surface area contributed by atoms with Gasteiger partial charge in [0.1, 0.15) is 0 Å². The molecule has 2 aromatic carbocycles. The van der Waals surface area contributed by atoms with E-state index in [0.717, 1.165) is 16.7 Å². The first-order valence-electron chi connectivity index (χ1n) is 9.32. The molecule has 0 heterocycles. The molecule has 30 heavy (non-hydrogen) atoms. The van der Waals surface area contributed by atoms with Crippen LogP contribution in [0.15, 0.2) is 46.3 Å². The topological polar surface area (TPSA) is 89.0 Å². The second-order valence-corrected chi connectivity index (χ2v) is 8.55. The van der Waals surface area contributed by atoms with E-state index in [4.69, 9.17) is 9.47 Å². The molecule has 2 rings (SSSR count). The molecule has 9 heteroatoms. The maximum atomic E-state index is 11.7. The number of aliphatic imine (C=N–C) groups is 1. The highest BCUT2D eigenvalue weighted by Crippen LogP contribution is 2.27. The number of hydrogen-bond acceptors (Lipinski definition) is 5. The first-order valence-corrected chi connectivity index (χ1v) is 11.2. The molecule has 0 aliphatic rings. The Morgan fingerprint density at radius 1 is 1.03 bits per heavy atom. The zero-order chi connectivity index (χ0) is 21.4. The Morgan fingerprint density at radius 2 is 1.63 bits per heavy atom. The molecule has 0 radical (unpaired) electrons. The lowest BCUT2D eigenvalue weighted by Gasteiger charge is -2.14. The average molecular weight is 547 g/mol. The van der Waals surface area contributed by atoms with Crippen molar-refractivity contribution in [1.29, 1.82) is 0 Å². The van der Waals surface area contributed by atoms with E-state index >= 15 is 0 Å². The second kappa shape index (κ2) is 12.0. The van der Waals surface area contributed by atoms with Crippen molar-refractivity contribution < 1.29 is 17.9 Å². The Bertz CT molecular complexity index is 978. The van der Waals surface area contributed by atoms with Gasteiger partial charge in [0, 0.05) is 26.4 Å². The lowest BCUT2D eigenvalue weighted by atomic mass is 10.1. The van der Waals surface area contributed by atoms with Crippen molar-refractivity contribution in [1.82, 2.24) is 10.6 Å². The van der Waals surface area contributed by atoms with Gasteiger partial charge in [-0.2, -0.15) is 0 Å². The van der Waals surface area contributed by atoms with E-state index in [1.54, 1.807) is 33.2 Å². The molecule has 0 bridgehead atoms. The van der Waals surface area contributed by atoms with E-state index in [1.807, 2.05) is 31.2 Å². The summed E-state index contributed by atoms with van der Waals surface area (Å²) in [5.41, 5.74) is 2.73. The first kappa shape index (κ1) is 26.0. The summed E-state index contributed by atoms with van der Waals surface area (Å²) in [6.07, 6.45) is 1.22. The fourth-order valence-corrected chi connectivity index (χ4v) is 3.89. The number of aryl methyl sites for hydroxylation is 1. The van der Waals surface area contributed by atoms with Crippen molar-refractivity contribution in [3.8, 4) is 11.5 Å². The number of rotatable bonds is 8. The smallest absolute Gasteiger partial charge is 0.191 e. The normalized spacial score (nSPS) is 11.4. The molecular weight excluding hydrogens is 517 g/mol. The molecule has 0 spiro atoms. The molecule has 7 nitrogen and oxygen atoms in total. The van der Waals surface area contributed by atoms with Crippen LogP contribution in [0.3, 0.4) is 0 Å². The molecule has 0 fully saturated rings. The van der Waals surface area contributed by atoms with Crippen LogP contribution in [0.5, 0.6) is 11.5 Å². The SMILES string of the molecule is CCOc1ccc(CNC(=NC)NCc2ccc(S(C)(=O)=O)c(C)c2)cc1OC.I. The number of sulfone groups is 1. The van der Waals surface area contributed by atoms with E-state index in [-0.39, 0.29) is 24.0 Å². The zero-order valence-corrected chi connectivity index (χ0v) is 21.1. The van der Waals surface area contributed by atoms with E-state index < -0.39 is 9.84 Å². The predicted molar refractivity (Wildman–Crippen MR) is 131 cm³/mol. The Hall–Kier alpha value is -2.01. The highest BCUT2D eigenvalue weighted by Gasteiger charge is 2.11. The van der Waals surface area contributed by atoms with Gasteiger partial charge in [-0.15, -0.1) is 24.0 Å². The van der Waals surface area contributed by atoms with E-state index in [2.05, 4.69) is 15.6 Å². The van der Waals surface area contributed by atoms with Gasteiger partial charge in [-0.1, -0.05) is 18.2 Å². The van der Waals surface area contributed by atoms with Gasteiger partial charge in [0.25, 0.3) is 0 Å². The summed E-state index contributed by atoms with van der Waals surface area (Å²) >= 11 is 0. The highest BCUT2D eigenvalue weighted by molar-refractivity contribution is 14.0. The van der Waals surface area contributed by atoms with E-state index in [0.29, 0.717) is 42.1 Å². The van der Waals surface area contributed by atoms with Gasteiger partial charge in [0.15, 0.2) is 27.3 Å². The van der Waals surface area contributed by atoms with Crippen molar-refractivity contribution >= 4 is 39.8 Å². The van der Waals surface area contributed by atoms with E-state index in [1.165, 1.54) is 6.26 Å². The van der Waals surface area contributed by atoms with Crippen LogP contribution >= 0.6 is 24.0 Å². The monoisotopic (exact) mass is 547 g/mol. The molecule has 2 aromatic rings. The lowest BCUT2D eigenvalue weighted by molar-refractivity contribution is 0.310. The van der Waals surface area contributed by atoms with Crippen LogP contribution in [-0.4, -0.2) is 41.4 Å². The number of guanidine groups is 1. The summed E-state index contributed by atoms with van der Waals surface area (Å²) in [4.78, 5) is 4.58. The number of nitrogens with one attached hydrogen (secondary N) is 2. The molecular formula is C21H30IN3O4S. The summed E-state index contributed by atoms with van der Waals surface area (Å²) in [7, 11) is 0.104. The molecule has 0 aliphatic carbocycles. The fraction of sp³-hybridized carbons (Fsp3) is 0.381. The molecule has 2 N–H and O–H groups in total. The zero-order valence-electron chi connectivity index (χ0n) is 18.0. The van der Waals surface area contributed by atoms with Crippen LogP contribution in [0.25, 0.3) is 0 Å². The first-order chi connectivity index (χ1) is 13.8. The third-order valence-corrected chi connectivity index (χ3v) is 5.57. The summed E-state index contributed by atoms with van der Waals surface area (Å²) in [5.74, 6) is 2.05. The number of benzene rings is 2. The average Bonchev–Trinajstić information content (AvgIpc) is 2.68. The Kier molecular flexibility index (Phi) is 10.4. The Labute approximate surface area is 196 Å². The summed E-state index contributed by atoms with van der Waals surface area (Å²) in [6.45, 7) is 5.40. The summed E-state index contributed by atoms with van der Waals surface area (Å²) < 4.78 is 34.4. The molecule has 0 aromatic heterocycles. The highest BCUT2D eigenvalue weighted by atomic mass is 127. The minimum absolute atomic E-state index is 0. The van der Waals surface area contributed by atoms with Crippen LogP contribution in [-0.2, 0) is 22.9 Å². The van der Waals surface area contributed by atoms with Crippen molar-refractivity contribution in [3.05, 3.63) is 53.1 Å². The molecule has 0 atom stereocenters. The van der Waals surface area contributed by atoms with Crippen LogP contribution in [0, 0.1) is 6.92 Å². The van der Waals surface area contributed by atoms with Gasteiger partial charge in [0.05, 0.1) is 18.6 Å². The third kappa shape index (κ3) is 7.35. The van der Waals surface area contributed by atoms with Crippen molar-refractivity contribution in [3.63, 3.8) is 0 Å². The van der Waals surface area contributed by atoms with Gasteiger partial charge in [-0.3, -0.25) is 4.99 Å². The standard InChI is InChI=1S/C21H29N3O4S.HI/c1-6-28-18-9-7-17(12-19(18)27-4)14-24-21(22-3)23-13-16-8-10-20(15(2)11-16)29(5,25)26;/h7-12H,6,13-14H2,1-5H3,(H2,22,23,24);1H. The maximum Gasteiger partial charge on any atom is 0.191 e. The van der Waals surface area contributed by atoms with Crippen LogP contribution in [0.2, 0.25) is 0 Å². The van der Waals surface area contributed by atoms with Gasteiger partial charge >= 0.3 is 0 Å². The summed E-state index contributed by atoms with van der Waals surface area (Å²) in [6, 6.07) is 11.1. The number of nitrogens with zero attached hydrogens (tertiary/aromatic N) is 1. The number of hydrogen-bond donors (Lipinski definition) is 2. The summed E-state index contributed by atoms with van der Waals surface area (Å²) in [5, 5.41) is 6.49. The Morgan fingerprint density at radius 3 is 2.13 bits per heavy atom. The number of ether oxygens (including phenoxy) is 2. The molecule has 166 valence electrons. The third-order valence-electron chi connectivity index (χ3n) is 4.31. The molecule has 0 unspecified atom stereocenters. The van der Waals surface area contributed by atoms with Crippen molar-refractivity contribution in [2.75, 3.05) is 27.0 Å². The van der Waals surface area contributed by atoms with Crippen LogP contribution < -0.4 is 20.1 Å². The minimum atomic E-state index is -3.21. The van der Waals surface area contributed by atoms with Crippen molar-refractivity contribution in [2.45, 2.75) is 31.8 Å². The van der Waals surface area contributed by atoms with Gasteiger partial charge in [0.2, 0.25) is 0 Å². The number of methoxy groups -OCH3 is 1. The fourth-order valence-electron chi connectivity index (χ4n) is 2.93. The maximum absolute atomic E-state index is 11.7. The number of halogens is 1. The Balaban J connectivity index is 0.00000450. The molecule has 0 amide bonds. The van der Waals surface area contributed by atoms with E-state index in [9.17, 15) is 8.42 Å². The van der Waals surface area contributed by atoms with Crippen LogP contribution in [0.4, 0.5) is 0 Å². The lowest BCUT2D eigenvalue weighted by Crippen LogP contribution is -2.36. The molecule has 0 aliphatic heterocycles. The molecule has 0 saturated heterocycles. The quantitative estimate of drug-likeness (QED) is 0.300. The van der Waals surface area contributed by atoms with Gasteiger partial charge in [-0.25, -0.2) is 8.42 Å². The second-order valence-electron chi connectivity index (χ2n) is 6.57.